The highest BCUT2D eigenvalue weighted by atomic mass is 16.5. The van der Waals surface area contributed by atoms with Gasteiger partial charge in [0, 0.05) is 31.9 Å². The van der Waals surface area contributed by atoms with Crippen LogP contribution in [0.5, 0.6) is 5.88 Å². The molecule has 0 spiro atoms. The van der Waals surface area contributed by atoms with Crippen LogP contribution in [0.25, 0.3) is 5.57 Å². The third-order valence-electron chi connectivity index (χ3n) is 5.50. The molecule has 3 atom stereocenters. The van der Waals surface area contributed by atoms with Crippen molar-refractivity contribution in [3.63, 3.8) is 0 Å². The van der Waals surface area contributed by atoms with Crippen LogP contribution >= 0.6 is 0 Å². The number of hydrogen-bond acceptors (Lipinski definition) is 6. The fourth-order valence-electron chi connectivity index (χ4n) is 3.96. The van der Waals surface area contributed by atoms with E-state index >= 15 is 0 Å². The Kier molecular flexibility index (Phi) is 6.06. The van der Waals surface area contributed by atoms with Crippen LogP contribution < -0.4 is 15.5 Å². The number of ether oxygens (including phenoxy) is 1. The number of carbonyl (C=O) groups is 2. The molecular formula is C22H24N4O4. The van der Waals surface area contributed by atoms with Crippen molar-refractivity contribution in [2.24, 2.45) is 5.92 Å². The highest BCUT2D eigenvalue weighted by Crippen LogP contribution is 2.26. The predicted molar refractivity (Wildman–Crippen MR) is 109 cm³/mol. The standard InChI is InChI=1S/C22H24N4O4/c27-21(25-29)18-12-17(30-19-8-4-5-10-23-19)13-24-20(18)22(28)26-11-9-16(14-26)15-6-2-1-3-7-15/h1-10,17-18,20,24,29H,11-14H2,(H,25,27). The molecule has 0 aliphatic carbocycles. The molecule has 3 N–H and O–H groups in total. The number of nitrogens with one attached hydrogen (secondary N) is 2. The van der Waals surface area contributed by atoms with Crippen molar-refractivity contribution in [1.82, 2.24) is 20.7 Å². The van der Waals surface area contributed by atoms with Gasteiger partial charge in [0.15, 0.2) is 0 Å². The lowest BCUT2D eigenvalue weighted by Crippen LogP contribution is -2.60. The topological polar surface area (TPSA) is 104 Å². The molecule has 3 heterocycles. The number of benzene rings is 1. The van der Waals surface area contributed by atoms with E-state index in [1.54, 1.807) is 28.7 Å². The Balaban J connectivity index is 1.42. The summed E-state index contributed by atoms with van der Waals surface area (Å²) in [5.74, 6) is -1.08. The summed E-state index contributed by atoms with van der Waals surface area (Å²) in [6.07, 6.45) is 3.60. The zero-order chi connectivity index (χ0) is 20.9. The van der Waals surface area contributed by atoms with Crippen molar-refractivity contribution < 1.29 is 19.5 Å². The normalized spacial score (nSPS) is 23.6. The Morgan fingerprint density at radius 1 is 1.17 bits per heavy atom. The van der Waals surface area contributed by atoms with Crippen LogP contribution in [0.15, 0.2) is 60.8 Å². The first kappa shape index (κ1) is 20.1. The van der Waals surface area contributed by atoms with Crippen molar-refractivity contribution in [3.05, 3.63) is 66.4 Å². The predicted octanol–water partition coefficient (Wildman–Crippen LogP) is 1.24. The minimum Gasteiger partial charge on any atom is -0.473 e. The summed E-state index contributed by atoms with van der Waals surface area (Å²) in [7, 11) is 0. The van der Waals surface area contributed by atoms with E-state index in [4.69, 9.17) is 4.74 Å². The number of pyridine rings is 1. The second kappa shape index (κ2) is 9.06. The van der Waals surface area contributed by atoms with E-state index in [1.165, 1.54) is 0 Å². The van der Waals surface area contributed by atoms with Gasteiger partial charge in [-0.2, -0.15) is 0 Å². The highest BCUT2D eigenvalue weighted by Gasteiger charge is 2.42. The van der Waals surface area contributed by atoms with Crippen LogP contribution in [-0.4, -0.2) is 58.7 Å². The Labute approximate surface area is 174 Å². The van der Waals surface area contributed by atoms with Crippen LogP contribution in [0, 0.1) is 5.92 Å². The summed E-state index contributed by atoms with van der Waals surface area (Å²) >= 11 is 0. The molecule has 1 fully saturated rings. The molecule has 8 heteroatoms. The maximum atomic E-state index is 13.2. The summed E-state index contributed by atoms with van der Waals surface area (Å²) < 4.78 is 5.84. The number of nitrogens with zero attached hydrogens (tertiary/aromatic N) is 2. The first-order valence-corrected chi connectivity index (χ1v) is 9.94. The largest absolute Gasteiger partial charge is 0.473 e. The average molecular weight is 408 g/mol. The van der Waals surface area contributed by atoms with Gasteiger partial charge in [0.1, 0.15) is 6.10 Å². The second-order valence-corrected chi connectivity index (χ2v) is 7.43. The van der Waals surface area contributed by atoms with Gasteiger partial charge in [-0.3, -0.25) is 14.8 Å². The van der Waals surface area contributed by atoms with E-state index in [0.29, 0.717) is 31.9 Å². The van der Waals surface area contributed by atoms with E-state index in [9.17, 15) is 14.8 Å². The van der Waals surface area contributed by atoms with Crippen LogP contribution in [-0.2, 0) is 9.59 Å². The maximum absolute atomic E-state index is 13.2. The number of carbonyl (C=O) groups excluding carboxylic acids is 2. The Morgan fingerprint density at radius 3 is 2.70 bits per heavy atom. The summed E-state index contributed by atoms with van der Waals surface area (Å²) in [6.45, 7) is 1.37. The zero-order valence-corrected chi connectivity index (χ0v) is 16.4. The number of piperidine rings is 1. The van der Waals surface area contributed by atoms with Gasteiger partial charge in [-0.15, -0.1) is 0 Å². The van der Waals surface area contributed by atoms with Crippen molar-refractivity contribution >= 4 is 17.4 Å². The van der Waals surface area contributed by atoms with Crippen molar-refractivity contribution in [2.75, 3.05) is 19.6 Å². The number of hydrogen-bond donors (Lipinski definition) is 3. The van der Waals surface area contributed by atoms with Crippen molar-refractivity contribution in [1.29, 1.82) is 0 Å². The summed E-state index contributed by atoms with van der Waals surface area (Å²) in [5.41, 5.74) is 3.86. The molecule has 2 amide bonds. The lowest BCUT2D eigenvalue weighted by molar-refractivity contribution is -0.144. The zero-order valence-electron chi connectivity index (χ0n) is 16.4. The molecule has 30 heavy (non-hydrogen) atoms. The minimum atomic E-state index is -0.759. The monoisotopic (exact) mass is 408 g/mol. The molecule has 1 aromatic heterocycles. The number of hydroxylamine groups is 1. The van der Waals surface area contributed by atoms with Gasteiger partial charge in [-0.05, 0) is 23.6 Å². The summed E-state index contributed by atoms with van der Waals surface area (Å²) in [5, 5.41) is 12.3. The van der Waals surface area contributed by atoms with Crippen LogP contribution in [0.2, 0.25) is 0 Å². The van der Waals surface area contributed by atoms with Gasteiger partial charge >= 0.3 is 0 Å². The van der Waals surface area contributed by atoms with E-state index in [-0.39, 0.29) is 12.0 Å². The molecule has 2 aliphatic heterocycles. The molecule has 1 saturated heterocycles. The van der Waals surface area contributed by atoms with Gasteiger partial charge in [0.05, 0.1) is 12.0 Å². The molecular weight excluding hydrogens is 384 g/mol. The Bertz CT molecular complexity index is 919. The average Bonchev–Trinajstić information content (AvgIpc) is 3.30. The second-order valence-electron chi connectivity index (χ2n) is 7.43. The fourth-order valence-corrected chi connectivity index (χ4v) is 3.96. The molecule has 4 rings (SSSR count). The smallest absolute Gasteiger partial charge is 0.248 e. The third kappa shape index (κ3) is 4.34. The van der Waals surface area contributed by atoms with Crippen molar-refractivity contribution in [2.45, 2.75) is 18.6 Å². The molecule has 0 bridgehead atoms. The summed E-state index contributed by atoms with van der Waals surface area (Å²) in [6, 6.07) is 14.5. The van der Waals surface area contributed by atoms with Gasteiger partial charge in [-0.1, -0.05) is 42.5 Å². The molecule has 0 radical (unpaired) electrons. The van der Waals surface area contributed by atoms with Crippen molar-refractivity contribution in [3.8, 4) is 5.88 Å². The van der Waals surface area contributed by atoms with Gasteiger partial charge in [0.25, 0.3) is 0 Å². The van der Waals surface area contributed by atoms with Crippen LogP contribution in [0.1, 0.15) is 12.0 Å². The van der Waals surface area contributed by atoms with E-state index in [0.717, 1.165) is 11.1 Å². The molecule has 3 unspecified atom stereocenters. The number of amides is 2. The van der Waals surface area contributed by atoms with Crippen LogP contribution in [0.4, 0.5) is 0 Å². The first-order valence-electron chi connectivity index (χ1n) is 9.94. The van der Waals surface area contributed by atoms with E-state index in [2.05, 4.69) is 10.3 Å². The fraction of sp³-hybridized carbons (Fsp3) is 0.318. The van der Waals surface area contributed by atoms with Gasteiger partial charge < -0.3 is 15.0 Å². The molecule has 2 aromatic rings. The van der Waals surface area contributed by atoms with Gasteiger partial charge in [0.2, 0.25) is 17.7 Å². The number of aromatic nitrogens is 1. The van der Waals surface area contributed by atoms with E-state index < -0.39 is 17.9 Å². The quantitative estimate of drug-likeness (QED) is 0.508. The Morgan fingerprint density at radius 2 is 1.97 bits per heavy atom. The molecule has 1 aromatic carbocycles. The first-order chi connectivity index (χ1) is 14.7. The molecule has 156 valence electrons. The van der Waals surface area contributed by atoms with Gasteiger partial charge in [-0.25, -0.2) is 10.5 Å². The molecule has 8 nitrogen and oxygen atoms in total. The SMILES string of the molecule is O=C(NO)C1CC(Oc2ccccn2)CNC1C(=O)N1CC=C(c2ccccc2)C1. The lowest BCUT2D eigenvalue weighted by Gasteiger charge is -2.36. The maximum Gasteiger partial charge on any atom is 0.248 e. The highest BCUT2D eigenvalue weighted by molar-refractivity contribution is 5.91. The van der Waals surface area contributed by atoms with E-state index in [1.807, 2.05) is 42.5 Å². The lowest BCUT2D eigenvalue weighted by atomic mass is 9.87. The Hall–Kier alpha value is -3.23. The number of rotatable bonds is 5. The molecule has 2 aliphatic rings. The van der Waals surface area contributed by atoms with Crippen LogP contribution in [0.3, 0.4) is 0 Å². The molecule has 0 saturated carbocycles. The minimum absolute atomic E-state index is 0.165. The summed E-state index contributed by atoms with van der Waals surface area (Å²) in [4.78, 5) is 31.4. The third-order valence-corrected chi connectivity index (χ3v) is 5.50.